The fraction of sp³-hybridized carbons (Fsp3) is 0.278. The van der Waals surface area contributed by atoms with Crippen LogP contribution in [0.4, 0.5) is 10.5 Å². The van der Waals surface area contributed by atoms with Crippen molar-refractivity contribution >= 4 is 34.9 Å². The third-order valence-corrected chi connectivity index (χ3v) is 4.73. The van der Waals surface area contributed by atoms with Crippen molar-refractivity contribution in [1.29, 1.82) is 5.26 Å². The second-order valence-corrected chi connectivity index (χ2v) is 6.70. The van der Waals surface area contributed by atoms with E-state index in [-0.39, 0.29) is 12.1 Å². The maximum atomic E-state index is 12.5. The first-order valence-electron chi connectivity index (χ1n) is 8.09. The second kappa shape index (κ2) is 8.26. The number of hydrogen-bond donors (Lipinski definition) is 1. The maximum Gasteiger partial charge on any atom is 0.321 e. The predicted molar refractivity (Wildman–Crippen MR) is 99.7 cm³/mol. The van der Waals surface area contributed by atoms with E-state index in [1.165, 1.54) is 6.20 Å². The number of carbonyl (C=O) groups is 1. The van der Waals surface area contributed by atoms with Gasteiger partial charge in [0.15, 0.2) is 0 Å². The van der Waals surface area contributed by atoms with Gasteiger partial charge in [0, 0.05) is 24.5 Å². The fourth-order valence-corrected chi connectivity index (χ4v) is 3.01. The molecule has 26 heavy (non-hydrogen) atoms. The van der Waals surface area contributed by atoms with E-state index >= 15 is 0 Å². The predicted octanol–water partition coefficient (Wildman–Crippen LogP) is 4.34. The molecule has 1 saturated heterocycles. The van der Waals surface area contributed by atoms with Crippen molar-refractivity contribution < 1.29 is 9.53 Å². The molecule has 1 unspecified atom stereocenters. The van der Waals surface area contributed by atoms with Gasteiger partial charge in [-0.2, -0.15) is 5.26 Å². The van der Waals surface area contributed by atoms with Gasteiger partial charge in [-0.3, -0.25) is 0 Å². The lowest BCUT2D eigenvalue weighted by atomic mass is 10.1. The van der Waals surface area contributed by atoms with E-state index in [9.17, 15) is 4.79 Å². The summed E-state index contributed by atoms with van der Waals surface area (Å²) < 4.78 is 5.84. The molecule has 8 heteroatoms. The van der Waals surface area contributed by atoms with Gasteiger partial charge in [0.05, 0.1) is 28.2 Å². The van der Waals surface area contributed by atoms with Gasteiger partial charge >= 0.3 is 6.03 Å². The number of hydrogen-bond acceptors (Lipinski definition) is 4. The first kappa shape index (κ1) is 18.3. The van der Waals surface area contributed by atoms with Gasteiger partial charge in [-0.05, 0) is 37.1 Å². The van der Waals surface area contributed by atoms with Crippen LogP contribution < -0.4 is 10.1 Å². The molecule has 0 bridgehead atoms. The summed E-state index contributed by atoms with van der Waals surface area (Å²) in [5, 5.41) is 12.6. The van der Waals surface area contributed by atoms with Crippen LogP contribution in [0.3, 0.4) is 0 Å². The third-order valence-electron chi connectivity index (χ3n) is 3.99. The van der Waals surface area contributed by atoms with Gasteiger partial charge in [-0.15, -0.1) is 0 Å². The van der Waals surface area contributed by atoms with Crippen molar-refractivity contribution in [3.8, 4) is 11.9 Å². The lowest BCUT2D eigenvalue weighted by Crippen LogP contribution is -2.46. The van der Waals surface area contributed by atoms with Crippen molar-refractivity contribution in [3.63, 3.8) is 0 Å². The van der Waals surface area contributed by atoms with Crippen LogP contribution >= 0.6 is 23.2 Å². The minimum atomic E-state index is -0.226. The molecule has 3 rings (SSSR count). The Balaban J connectivity index is 1.61. The molecule has 1 N–H and O–H groups in total. The largest absolute Gasteiger partial charge is 0.472 e. The van der Waals surface area contributed by atoms with Crippen molar-refractivity contribution in [2.24, 2.45) is 0 Å². The first-order valence-corrected chi connectivity index (χ1v) is 8.84. The van der Waals surface area contributed by atoms with E-state index < -0.39 is 0 Å². The summed E-state index contributed by atoms with van der Waals surface area (Å²) in [7, 11) is 0. The minimum absolute atomic E-state index is 0.176. The standard InChI is InChI=1S/C18H16Cl2N4O2/c19-15-4-3-13(9-16(15)20)23-18(25)24-7-1-2-14(11-24)26-17-8-12(10-21)5-6-22-17/h3-6,8-9,14H,1-2,7,11H2,(H,23,25). The van der Waals surface area contributed by atoms with Crippen molar-refractivity contribution in [1.82, 2.24) is 9.88 Å². The molecule has 6 nitrogen and oxygen atoms in total. The number of ether oxygens (including phenoxy) is 1. The highest BCUT2D eigenvalue weighted by Crippen LogP contribution is 2.25. The van der Waals surface area contributed by atoms with Gasteiger partial charge < -0.3 is 15.0 Å². The lowest BCUT2D eigenvalue weighted by Gasteiger charge is -2.32. The average molecular weight is 391 g/mol. The molecule has 0 saturated carbocycles. The summed E-state index contributed by atoms with van der Waals surface area (Å²) in [6, 6.07) is 9.97. The van der Waals surface area contributed by atoms with Crippen LogP contribution in [0.15, 0.2) is 36.5 Å². The molecule has 0 spiro atoms. The maximum absolute atomic E-state index is 12.5. The normalized spacial score (nSPS) is 16.7. The van der Waals surface area contributed by atoms with Gasteiger partial charge in [0.25, 0.3) is 0 Å². The molecule has 1 aliphatic rings. The zero-order valence-corrected chi connectivity index (χ0v) is 15.3. The Morgan fingerprint density at radius 1 is 1.31 bits per heavy atom. The number of urea groups is 1. The van der Waals surface area contributed by atoms with Crippen LogP contribution in [0, 0.1) is 11.3 Å². The van der Waals surface area contributed by atoms with Gasteiger partial charge in [0.2, 0.25) is 5.88 Å². The number of rotatable bonds is 3. The molecular weight excluding hydrogens is 375 g/mol. The summed E-state index contributed by atoms with van der Waals surface area (Å²) in [6.45, 7) is 1.07. The van der Waals surface area contributed by atoms with Crippen molar-refractivity contribution in [2.75, 3.05) is 18.4 Å². The molecule has 2 heterocycles. The molecule has 2 aromatic rings. The Kier molecular flexibility index (Phi) is 5.82. The number of aromatic nitrogens is 1. The zero-order valence-electron chi connectivity index (χ0n) is 13.8. The highest BCUT2D eigenvalue weighted by molar-refractivity contribution is 6.42. The number of nitrogens with one attached hydrogen (secondary N) is 1. The van der Waals surface area contributed by atoms with Crippen LogP contribution in [-0.2, 0) is 0 Å². The third kappa shape index (κ3) is 4.57. The monoisotopic (exact) mass is 390 g/mol. The van der Waals surface area contributed by atoms with E-state index in [2.05, 4.69) is 16.4 Å². The molecular formula is C18H16Cl2N4O2. The van der Waals surface area contributed by atoms with E-state index in [4.69, 9.17) is 33.2 Å². The van der Waals surface area contributed by atoms with Crippen molar-refractivity contribution in [2.45, 2.75) is 18.9 Å². The molecule has 1 aromatic heterocycles. The van der Waals surface area contributed by atoms with E-state index in [1.54, 1.807) is 35.2 Å². The van der Waals surface area contributed by atoms with Crippen LogP contribution in [0.1, 0.15) is 18.4 Å². The van der Waals surface area contributed by atoms with Crippen LogP contribution in [0.25, 0.3) is 0 Å². The molecule has 1 atom stereocenters. The van der Waals surface area contributed by atoms with Gasteiger partial charge in [-0.25, -0.2) is 9.78 Å². The highest BCUT2D eigenvalue weighted by Gasteiger charge is 2.25. The van der Waals surface area contributed by atoms with Crippen molar-refractivity contribution in [3.05, 3.63) is 52.1 Å². The topological polar surface area (TPSA) is 78.2 Å². The summed E-state index contributed by atoms with van der Waals surface area (Å²) >= 11 is 11.9. The number of pyridine rings is 1. The van der Waals surface area contributed by atoms with Gasteiger partial charge in [-0.1, -0.05) is 23.2 Å². The molecule has 0 radical (unpaired) electrons. The number of nitrogens with zero attached hydrogens (tertiary/aromatic N) is 3. The summed E-state index contributed by atoms with van der Waals surface area (Å²) in [5.41, 5.74) is 1.07. The second-order valence-electron chi connectivity index (χ2n) is 5.88. The summed E-state index contributed by atoms with van der Waals surface area (Å²) in [5.74, 6) is 0.390. The number of benzene rings is 1. The number of anilines is 1. The Labute approximate surface area is 161 Å². The summed E-state index contributed by atoms with van der Waals surface area (Å²) in [6.07, 6.45) is 2.99. The number of amides is 2. The Morgan fingerprint density at radius 2 is 2.15 bits per heavy atom. The van der Waals surface area contributed by atoms with E-state index in [0.717, 1.165) is 12.8 Å². The van der Waals surface area contributed by atoms with Gasteiger partial charge in [0.1, 0.15) is 6.10 Å². The Morgan fingerprint density at radius 3 is 2.92 bits per heavy atom. The first-order chi connectivity index (χ1) is 12.5. The molecule has 0 aliphatic carbocycles. The number of halogens is 2. The quantitative estimate of drug-likeness (QED) is 0.845. The smallest absolute Gasteiger partial charge is 0.321 e. The van der Waals surface area contributed by atoms with E-state index in [1.807, 2.05) is 0 Å². The Bertz CT molecular complexity index is 853. The van der Waals surface area contributed by atoms with Crippen LogP contribution in [0.5, 0.6) is 5.88 Å². The SMILES string of the molecule is N#Cc1ccnc(OC2CCCN(C(=O)Nc3ccc(Cl)c(Cl)c3)C2)c1. The highest BCUT2D eigenvalue weighted by atomic mass is 35.5. The van der Waals surface area contributed by atoms with Crippen LogP contribution in [-0.4, -0.2) is 35.1 Å². The summed E-state index contributed by atoms with van der Waals surface area (Å²) in [4.78, 5) is 18.3. The van der Waals surface area contributed by atoms with Crippen LogP contribution in [0.2, 0.25) is 10.0 Å². The number of piperidine rings is 1. The number of nitriles is 1. The number of carbonyl (C=O) groups excluding carboxylic acids is 1. The molecule has 134 valence electrons. The lowest BCUT2D eigenvalue weighted by molar-refractivity contribution is 0.102. The zero-order chi connectivity index (χ0) is 18.5. The fourth-order valence-electron chi connectivity index (χ4n) is 2.71. The molecule has 1 aromatic carbocycles. The average Bonchev–Trinajstić information content (AvgIpc) is 2.65. The molecule has 1 aliphatic heterocycles. The van der Waals surface area contributed by atoms with E-state index in [0.29, 0.717) is 40.3 Å². The Hall–Kier alpha value is -2.49. The molecule has 2 amide bonds. The molecule has 1 fully saturated rings. The minimum Gasteiger partial charge on any atom is -0.472 e. The number of likely N-dealkylation sites (tertiary alicyclic amines) is 1.